The Morgan fingerprint density at radius 1 is 1.40 bits per heavy atom. The molecular weight excluding hydrogens is 258 g/mol. The second-order valence-corrected chi connectivity index (χ2v) is 5.25. The minimum Gasteiger partial charge on any atom is -0.497 e. The predicted octanol–water partition coefficient (Wildman–Crippen LogP) is 1.42. The van der Waals surface area contributed by atoms with Crippen molar-refractivity contribution < 1.29 is 19.4 Å². The minimum absolute atomic E-state index is 0.00163. The smallest absolute Gasteiger partial charge is 0.308 e. The summed E-state index contributed by atoms with van der Waals surface area (Å²) < 4.78 is 5.12. The Morgan fingerprint density at radius 3 is 2.75 bits per heavy atom. The number of benzene rings is 1. The average Bonchev–Trinajstić information content (AvgIpc) is 2.81. The molecule has 0 radical (unpaired) electrons. The lowest BCUT2D eigenvalue weighted by molar-refractivity contribution is -0.142. The number of carbonyl (C=O) groups excluding carboxylic acids is 1. The Hall–Kier alpha value is -2.04. The molecule has 20 heavy (non-hydrogen) atoms. The third-order valence-electron chi connectivity index (χ3n) is 3.77. The van der Waals surface area contributed by atoms with E-state index in [0.717, 1.165) is 5.56 Å². The van der Waals surface area contributed by atoms with Crippen LogP contribution in [0.15, 0.2) is 24.3 Å². The van der Waals surface area contributed by atoms with Gasteiger partial charge >= 0.3 is 5.97 Å². The van der Waals surface area contributed by atoms with Crippen LogP contribution in [-0.2, 0) is 16.0 Å². The maximum atomic E-state index is 12.2. The van der Waals surface area contributed by atoms with E-state index >= 15 is 0 Å². The summed E-state index contributed by atoms with van der Waals surface area (Å²) in [5.74, 6) is -0.595. The number of carboxylic acids is 1. The van der Waals surface area contributed by atoms with Crippen molar-refractivity contribution in [3.05, 3.63) is 29.8 Å². The van der Waals surface area contributed by atoms with E-state index in [2.05, 4.69) is 0 Å². The molecule has 0 unspecified atom stereocenters. The van der Waals surface area contributed by atoms with E-state index in [1.165, 1.54) is 0 Å². The molecular formula is C15H19NO4. The highest BCUT2D eigenvalue weighted by Gasteiger charge is 2.36. The summed E-state index contributed by atoms with van der Waals surface area (Å²) in [4.78, 5) is 24.9. The summed E-state index contributed by atoms with van der Waals surface area (Å²) in [6.07, 6.45) is 0.274. The third-order valence-corrected chi connectivity index (χ3v) is 3.77. The fraction of sp³-hybridized carbons (Fsp3) is 0.467. The molecule has 2 atom stereocenters. The number of hydrogen-bond acceptors (Lipinski definition) is 3. The molecule has 1 fully saturated rings. The van der Waals surface area contributed by atoms with Crippen LogP contribution >= 0.6 is 0 Å². The molecule has 0 bridgehead atoms. The Bertz CT molecular complexity index is 514. The van der Waals surface area contributed by atoms with Crippen LogP contribution in [0, 0.1) is 11.8 Å². The summed E-state index contributed by atoms with van der Waals surface area (Å²) >= 11 is 0. The van der Waals surface area contributed by atoms with Gasteiger partial charge in [-0.25, -0.2) is 0 Å². The molecule has 1 saturated heterocycles. The summed E-state index contributed by atoms with van der Waals surface area (Å²) in [5, 5.41) is 9.09. The van der Waals surface area contributed by atoms with Crippen molar-refractivity contribution in [1.82, 2.24) is 4.90 Å². The van der Waals surface area contributed by atoms with Crippen LogP contribution in [-0.4, -0.2) is 42.1 Å². The number of methoxy groups -OCH3 is 1. The van der Waals surface area contributed by atoms with Crippen LogP contribution < -0.4 is 4.74 Å². The van der Waals surface area contributed by atoms with Crippen LogP contribution in [0.3, 0.4) is 0 Å². The van der Waals surface area contributed by atoms with Crippen molar-refractivity contribution in [2.45, 2.75) is 13.3 Å². The molecule has 1 N–H and O–H groups in total. The van der Waals surface area contributed by atoms with Gasteiger partial charge in [0.15, 0.2) is 0 Å². The van der Waals surface area contributed by atoms with Gasteiger partial charge in [0.05, 0.1) is 19.4 Å². The SMILES string of the molecule is COc1cccc(CC(=O)N2C[C@@H](C)[C@H](C(=O)O)C2)c1. The number of amides is 1. The molecule has 0 aromatic heterocycles. The Labute approximate surface area is 118 Å². The lowest BCUT2D eigenvalue weighted by atomic mass is 9.99. The summed E-state index contributed by atoms with van der Waals surface area (Å²) in [5.41, 5.74) is 0.876. The highest BCUT2D eigenvalue weighted by Crippen LogP contribution is 2.24. The quantitative estimate of drug-likeness (QED) is 0.903. The van der Waals surface area contributed by atoms with E-state index < -0.39 is 11.9 Å². The van der Waals surface area contributed by atoms with Gasteiger partial charge < -0.3 is 14.7 Å². The molecule has 0 aliphatic carbocycles. The Morgan fingerprint density at radius 2 is 2.15 bits per heavy atom. The number of carbonyl (C=O) groups is 2. The van der Waals surface area contributed by atoms with E-state index in [-0.39, 0.29) is 18.2 Å². The van der Waals surface area contributed by atoms with Crippen molar-refractivity contribution in [2.75, 3.05) is 20.2 Å². The monoisotopic (exact) mass is 277 g/mol. The van der Waals surface area contributed by atoms with Crippen molar-refractivity contribution in [3.8, 4) is 5.75 Å². The number of ether oxygens (including phenoxy) is 1. The molecule has 108 valence electrons. The first-order valence-corrected chi connectivity index (χ1v) is 6.64. The first-order valence-electron chi connectivity index (χ1n) is 6.64. The predicted molar refractivity (Wildman–Crippen MR) is 73.6 cm³/mol. The van der Waals surface area contributed by atoms with Crippen molar-refractivity contribution in [2.24, 2.45) is 11.8 Å². The molecule has 1 aliphatic rings. The van der Waals surface area contributed by atoms with Crippen LogP contribution in [0.1, 0.15) is 12.5 Å². The molecule has 1 amide bonds. The van der Waals surface area contributed by atoms with Gasteiger partial charge in [-0.1, -0.05) is 19.1 Å². The van der Waals surface area contributed by atoms with Gasteiger partial charge in [-0.2, -0.15) is 0 Å². The average molecular weight is 277 g/mol. The van der Waals surface area contributed by atoms with Gasteiger partial charge in [-0.3, -0.25) is 9.59 Å². The molecule has 5 nitrogen and oxygen atoms in total. The number of likely N-dealkylation sites (tertiary alicyclic amines) is 1. The van der Waals surface area contributed by atoms with Crippen LogP contribution in [0.2, 0.25) is 0 Å². The lowest BCUT2D eigenvalue weighted by Crippen LogP contribution is -2.31. The first kappa shape index (κ1) is 14.4. The molecule has 1 heterocycles. The van der Waals surface area contributed by atoms with E-state index in [0.29, 0.717) is 18.8 Å². The van der Waals surface area contributed by atoms with Crippen molar-refractivity contribution >= 4 is 11.9 Å². The number of aliphatic carboxylic acids is 1. The lowest BCUT2D eigenvalue weighted by Gasteiger charge is -2.16. The molecule has 0 spiro atoms. The molecule has 1 aliphatic heterocycles. The van der Waals surface area contributed by atoms with Gasteiger partial charge in [-0.05, 0) is 23.6 Å². The van der Waals surface area contributed by atoms with E-state index in [1.807, 2.05) is 31.2 Å². The Balaban J connectivity index is 2.00. The number of rotatable bonds is 4. The second-order valence-electron chi connectivity index (χ2n) is 5.25. The highest BCUT2D eigenvalue weighted by molar-refractivity contribution is 5.81. The summed E-state index contributed by atoms with van der Waals surface area (Å²) in [6, 6.07) is 7.36. The number of nitrogens with zero attached hydrogens (tertiary/aromatic N) is 1. The molecule has 1 aromatic carbocycles. The van der Waals surface area contributed by atoms with Gasteiger partial charge in [0, 0.05) is 13.1 Å². The van der Waals surface area contributed by atoms with E-state index in [4.69, 9.17) is 9.84 Å². The van der Waals surface area contributed by atoms with Crippen LogP contribution in [0.25, 0.3) is 0 Å². The van der Waals surface area contributed by atoms with Gasteiger partial charge in [0.1, 0.15) is 5.75 Å². The minimum atomic E-state index is -0.825. The molecule has 5 heteroatoms. The maximum absolute atomic E-state index is 12.2. The molecule has 2 rings (SSSR count). The second kappa shape index (κ2) is 5.94. The normalized spacial score (nSPS) is 21.8. The van der Waals surface area contributed by atoms with E-state index in [1.54, 1.807) is 12.0 Å². The largest absolute Gasteiger partial charge is 0.497 e. The number of hydrogen-bond donors (Lipinski definition) is 1. The van der Waals surface area contributed by atoms with Gasteiger partial charge in [-0.15, -0.1) is 0 Å². The summed E-state index contributed by atoms with van der Waals surface area (Å²) in [6.45, 7) is 2.69. The standard InChI is InChI=1S/C15H19NO4/c1-10-8-16(9-13(10)15(18)19)14(17)7-11-4-3-5-12(6-11)20-2/h3-6,10,13H,7-9H2,1-2H3,(H,18,19)/t10-,13-/m1/s1. The third kappa shape index (κ3) is 3.10. The van der Waals surface area contributed by atoms with Crippen LogP contribution in [0.5, 0.6) is 5.75 Å². The maximum Gasteiger partial charge on any atom is 0.308 e. The zero-order valence-electron chi connectivity index (χ0n) is 11.7. The van der Waals surface area contributed by atoms with E-state index in [9.17, 15) is 9.59 Å². The fourth-order valence-corrected chi connectivity index (χ4v) is 2.56. The topological polar surface area (TPSA) is 66.8 Å². The fourth-order valence-electron chi connectivity index (χ4n) is 2.56. The van der Waals surface area contributed by atoms with Crippen molar-refractivity contribution in [1.29, 1.82) is 0 Å². The molecule has 0 saturated carbocycles. The van der Waals surface area contributed by atoms with Gasteiger partial charge in [0.2, 0.25) is 5.91 Å². The zero-order chi connectivity index (χ0) is 14.7. The Kier molecular flexibility index (Phi) is 4.27. The zero-order valence-corrected chi connectivity index (χ0v) is 11.7. The molecule has 1 aromatic rings. The highest BCUT2D eigenvalue weighted by atomic mass is 16.5. The van der Waals surface area contributed by atoms with Crippen LogP contribution in [0.4, 0.5) is 0 Å². The summed E-state index contributed by atoms with van der Waals surface area (Å²) in [7, 11) is 1.58. The number of carboxylic acid groups (broad SMARTS) is 1. The van der Waals surface area contributed by atoms with Crippen molar-refractivity contribution in [3.63, 3.8) is 0 Å². The van der Waals surface area contributed by atoms with Gasteiger partial charge in [0.25, 0.3) is 0 Å². The first-order chi connectivity index (χ1) is 9.51.